The largest absolute Gasteiger partial charge is 0.466 e. The van der Waals surface area contributed by atoms with Gasteiger partial charge in [-0.15, -0.1) is 0 Å². The number of carbonyl (C=O) groups excluding carboxylic acids is 1. The standard InChI is InChI=1S/C18H29BrO3Si/c1-7-21-17(20)16(14-8-10-15(19)11-9-14)12-13-22-23(5,6)18(2,3)4/h8-11,16H,7,12-13H2,1-6H3. The summed E-state index contributed by atoms with van der Waals surface area (Å²) in [7, 11) is -1.79. The minimum absolute atomic E-state index is 0.171. The van der Waals surface area contributed by atoms with E-state index in [4.69, 9.17) is 9.16 Å². The van der Waals surface area contributed by atoms with E-state index in [9.17, 15) is 4.79 Å². The normalized spacial score (nSPS) is 13.7. The Labute approximate surface area is 150 Å². The third-order valence-electron chi connectivity index (χ3n) is 4.52. The van der Waals surface area contributed by atoms with Crippen LogP contribution >= 0.6 is 15.9 Å². The van der Waals surface area contributed by atoms with Crippen LogP contribution in [0.5, 0.6) is 0 Å². The summed E-state index contributed by atoms with van der Waals surface area (Å²) in [6.07, 6.45) is 0.646. The number of benzene rings is 1. The lowest BCUT2D eigenvalue weighted by Gasteiger charge is -2.36. The lowest BCUT2D eigenvalue weighted by atomic mass is 9.96. The van der Waals surface area contributed by atoms with Crippen LogP contribution in [-0.2, 0) is 14.0 Å². The van der Waals surface area contributed by atoms with Crippen LogP contribution in [0.15, 0.2) is 28.7 Å². The van der Waals surface area contributed by atoms with E-state index in [1.165, 1.54) is 0 Å². The summed E-state index contributed by atoms with van der Waals surface area (Å²) in [5.74, 6) is -0.443. The monoisotopic (exact) mass is 400 g/mol. The van der Waals surface area contributed by atoms with Gasteiger partial charge in [-0.1, -0.05) is 48.8 Å². The molecule has 0 aromatic heterocycles. The van der Waals surface area contributed by atoms with Crippen molar-refractivity contribution in [1.82, 2.24) is 0 Å². The van der Waals surface area contributed by atoms with Gasteiger partial charge >= 0.3 is 5.97 Å². The molecule has 0 N–H and O–H groups in total. The average molecular weight is 401 g/mol. The first-order chi connectivity index (χ1) is 10.6. The van der Waals surface area contributed by atoms with Crippen molar-refractivity contribution < 1.29 is 14.0 Å². The quantitative estimate of drug-likeness (QED) is 0.447. The van der Waals surface area contributed by atoms with Crippen LogP contribution in [0.3, 0.4) is 0 Å². The Balaban J connectivity index is 2.79. The van der Waals surface area contributed by atoms with Gasteiger partial charge < -0.3 is 9.16 Å². The summed E-state index contributed by atoms with van der Waals surface area (Å²) in [5.41, 5.74) is 0.977. The maximum Gasteiger partial charge on any atom is 0.313 e. The Bertz CT molecular complexity index is 506. The van der Waals surface area contributed by atoms with Crippen molar-refractivity contribution in [3.63, 3.8) is 0 Å². The Morgan fingerprint density at radius 3 is 2.26 bits per heavy atom. The number of hydrogen-bond donors (Lipinski definition) is 0. The SMILES string of the molecule is CCOC(=O)C(CCO[Si](C)(C)C(C)(C)C)c1ccc(Br)cc1. The van der Waals surface area contributed by atoms with E-state index < -0.39 is 8.32 Å². The van der Waals surface area contributed by atoms with Gasteiger partial charge in [-0.25, -0.2) is 0 Å². The van der Waals surface area contributed by atoms with Crippen molar-refractivity contribution in [3.05, 3.63) is 34.3 Å². The van der Waals surface area contributed by atoms with E-state index in [1.807, 2.05) is 31.2 Å². The third-order valence-corrected chi connectivity index (χ3v) is 9.59. The molecule has 0 bridgehead atoms. The first kappa shape index (κ1) is 20.4. The lowest BCUT2D eigenvalue weighted by Crippen LogP contribution is -2.41. The van der Waals surface area contributed by atoms with Crippen molar-refractivity contribution >= 4 is 30.2 Å². The van der Waals surface area contributed by atoms with Crippen molar-refractivity contribution in [3.8, 4) is 0 Å². The summed E-state index contributed by atoms with van der Waals surface area (Å²) >= 11 is 3.43. The van der Waals surface area contributed by atoms with E-state index in [0.29, 0.717) is 19.6 Å². The second-order valence-electron chi connectivity index (χ2n) is 7.25. The molecule has 1 aromatic carbocycles. The van der Waals surface area contributed by atoms with Gasteiger partial charge in [0.25, 0.3) is 0 Å². The van der Waals surface area contributed by atoms with Gasteiger partial charge in [0.05, 0.1) is 12.5 Å². The molecule has 0 radical (unpaired) electrons. The van der Waals surface area contributed by atoms with Crippen LogP contribution in [0, 0.1) is 0 Å². The summed E-state index contributed by atoms with van der Waals surface area (Å²) in [5, 5.41) is 0.171. The molecule has 0 aliphatic heterocycles. The van der Waals surface area contributed by atoms with Gasteiger partial charge in [0, 0.05) is 11.1 Å². The first-order valence-corrected chi connectivity index (χ1v) is 11.8. The Morgan fingerprint density at radius 1 is 1.22 bits per heavy atom. The zero-order valence-electron chi connectivity index (χ0n) is 15.1. The van der Waals surface area contributed by atoms with Gasteiger partial charge in [0.15, 0.2) is 8.32 Å². The molecule has 3 nitrogen and oxygen atoms in total. The zero-order chi connectivity index (χ0) is 17.7. The second kappa shape index (κ2) is 8.45. The molecule has 0 aliphatic carbocycles. The summed E-state index contributed by atoms with van der Waals surface area (Å²) in [4.78, 5) is 12.3. The molecule has 0 spiro atoms. The van der Waals surface area contributed by atoms with Crippen LogP contribution in [0.1, 0.15) is 45.6 Å². The fourth-order valence-electron chi connectivity index (χ4n) is 2.01. The van der Waals surface area contributed by atoms with E-state index >= 15 is 0 Å². The molecule has 0 fully saturated rings. The number of esters is 1. The molecular formula is C18H29BrO3Si. The Kier molecular flexibility index (Phi) is 7.49. The second-order valence-corrected chi connectivity index (χ2v) is 13.0. The van der Waals surface area contributed by atoms with Crippen molar-refractivity contribution in [2.45, 2.75) is 58.2 Å². The number of rotatable bonds is 7. The van der Waals surface area contributed by atoms with E-state index in [0.717, 1.165) is 10.0 Å². The fraction of sp³-hybridized carbons (Fsp3) is 0.611. The molecule has 5 heteroatoms. The van der Waals surface area contributed by atoms with Crippen LogP contribution in [0.25, 0.3) is 0 Å². The lowest BCUT2D eigenvalue weighted by molar-refractivity contribution is -0.145. The van der Waals surface area contributed by atoms with Gasteiger partial charge in [-0.2, -0.15) is 0 Å². The topological polar surface area (TPSA) is 35.5 Å². The minimum atomic E-state index is -1.79. The smallest absolute Gasteiger partial charge is 0.313 e. The Hall–Kier alpha value is -0.653. The number of carbonyl (C=O) groups is 1. The van der Waals surface area contributed by atoms with E-state index in [2.05, 4.69) is 49.8 Å². The van der Waals surface area contributed by atoms with E-state index in [-0.39, 0.29) is 16.9 Å². The predicted molar refractivity (Wildman–Crippen MR) is 101 cm³/mol. The fourth-order valence-corrected chi connectivity index (χ4v) is 3.33. The highest BCUT2D eigenvalue weighted by atomic mass is 79.9. The van der Waals surface area contributed by atoms with Gasteiger partial charge in [0.2, 0.25) is 0 Å². The number of hydrogen-bond acceptors (Lipinski definition) is 3. The van der Waals surface area contributed by atoms with Gasteiger partial charge in [-0.3, -0.25) is 4.79 Å². The predicted octanol–water partition coefficient (Wildman–Crippen LogP) is 5.51. The molecule has 130 valence electrons. The minimum Gasteiger partial charge on any atom is -0.466 e. The first-order valence-electron chi connectivity index (χ1n) is 8.14. The molecule has 0 aliphatic rings. The summed E-state index contributed by atoms with van der Waals surface area (Å²) in [6.45, 7) is 13.9. The maximum atomic E-state index is 12.3. The van der Waals surface area contributed by atoms with Gasteiger partial charge in [0.1, 0.15) is 0 Å². The zero-order valence-corrected chi connectivity index (χ0v) is 17.7. The Morgan fingerprint density at radius 2 is 1.78 bits per heavy atom. The molecule has 0 heterocycles. The highest BCUT2D eigenvalue weighted by Gasteiger charge is 2.37. The highest BCUT2D eigenvalue weighted by Crippen LogP contribution is 2.37. The van der Waals surface area contributed by atoms with Crippen LogP contribution in [-0.4, -0.2) is 27.5 Å². The van der Waals surface area contributed by atoms with Crippen LogP contribution in [0.2, 0.25) is 18.1 Å². The molecule has 1 unspecified atom stereocenters. The molecule has 0 saturated heterocycles. The molecule has 23 heavy (non-hydrogen) atoms. The molecule has 0 amide bonds. The molecule has 0 saturated carbocycles. The van der Waals surface area contributed by atoms with Crippen LogP contribution < -0.4 is 0 Å². The highest BCUT2D eigenvalue weighted by molar-refractivity contribution is 9.10. The summed E-state index contributed by atoms with van der Waals surface area (Å²) < 4.78 is 12.5. The van der Waals surface area contributed by atoms with Gasteiger partial charge in [-0.05, 0) is 49.2 Å². The maximum absolute atomic E-state index is 12.3. The molecule has 1 atom stereocenters. The number of ether oxygens (including phenoxy) is 1. The van der Waals surface area contributed by atoms with Crippen LogP contribution in [0.4, 0.5) is 0 Å². The molecule has 1 rings (SSSR count). The summed E-state index contributed by atoms with van der Waals surface area (Å²) in [6, 6.07) is 7.85. The van der Waals surface area contributed by atoms with Crippen molar-refractivity contribution in [1.29, 1.82) is 0 Å². The molecule has 1 aromatic rings. The van der Waals surface area contributed by atoms with Crippen molar-refractivity contribution in [2.24, 2.45) is 0 Å². The average Bonchev–Trinajstić information content (AvgIpc) is 2.44. The number of halogens is 1. The third kappa shape index (κ3) is 6.05. The van der Waals surface area contributed by atoms with E-state index in [1.54, 1.807) is 0 Å². The van der Waals surface area contributed by atoms with Crippen molar-refractivity contribution in [2.75, 3.05) is 13.2 Å². The molecular weight excluding hydrogens is 372 g/mol.